The van der Waals surface area contributed by atoms with Crippen molar-refractivity contribution in [3.8, 4) is 5.88 Å². The number of hydrogen-bond donors (Lipinski definition) is 0. The van der Waals surface area contributed by atoms with E-state index in [0.717, 1.165) is 16.5 Å². The predicted octanol–water partition coefficient (Wildman–Crippen LogP) is 4.07. The second kappa shape index (κ2) is 8.53. The van der Waals surface area contributed by atoms with Crippen LogP contribution in [0.4, 0.5) is 4.79 Å². The topological polar surface area (TPSA) is 65.8 Å². The zero-order valence-corrected chi connectivity index (χ0v) is 18.2. The first-order chi connectivity index (χ1) is 13.3. The molecule has 2 aromatic rings. The molecule has 0 aliphatic carbocycles. The Bertz CT molecular complexity index is 812. The summed E-state index contributed by atoms with van der Waals surface area (Å²) in [5.41, 5.74) is 1.61. The molecule has 28 heavy (non-hydrogen) atoms. The van der Waals surface area contributed by atoms with E-state index in [4.69, 9.17) is 14.2 Å². The van der Waals surface area contributed by atoms with Gasteiger partial charge < -0.3 is 14.2 Å². The van der Waals surface area contributed by atoms with E-state index in [1.54, 1.807) is 15.8 Å². The van der Waals surface area contributed by atoms with Gasteiger partial charge in [-0.15, -0.1) is 0 Å². The van der Waals surface area contributed by atoms with Crippen molar-refractivity contribution in [2.75, 3.05) is 19.8 Å². The molecule has 1 atom stereocenters. The van der Waals surface area contributed by atoms with E-state index < -0.39 is 11.8 Å². The molecule has 1 aromatic carbocycles. The molecule has 0 N–H and O–H groups in total. The minimum absolute atomic E-state index is 0.315. The maximum atomic E-state index is 12.7. The Morgan fingerprint density at radius 2 is 2.04 bits per heavy atom. The summed E-state index contributed by atoms with van der Waals surface area (Å²) in [4.78, 5) is 14.4. The van der Waals surface area contributed by atoms with Crippen molar-refractivity contribution in [1.29, 1.82) is 0 Å². The van der Waals surface area contributed by atoms with Gasteiger partial charge in [-0.05, 0) is 48.7 Å². The first-order valence-electron chi connectivity index (χ1n) is 9.25. The molecular weight excluding hydrogens is 426 g/mol. The largest absolute Gasteiger partial charge is 0.475 e. The first kappa shape index (κ1) is 20.7. The monoisotopic (exact) mass is 451 g/mol. The molecule has 1 aromatic heterocycles. The number of aryl methyl sites for hydroxylation is 1. The van der Waals surface area contributed by atoms with Gasteiger partial charge in [0, 0.05) is 19.2 Å². The molecule has 8 heteroatoms. The van der Waals surface area contributed by atoms with Gasteiger partial charge in [0.25, 0.3) is 0 Å². The van der Waals surface area contributed by atoms with Crippen LogP contribution < -0.4 is 4.74 Å². The van der Waals surface area contributed by atoms with E-state index in [0.29, 0.717) is 25.6 Å². The third kappa shape index (κ3) is 4.86. The standard InChI is InChI=1S/C20H26BrN3O4/c1-20(2,3)28-19(25)24-10-9-14-7-5-6-8-15(14)17(24)26-11-12-27-18-16(21)13-22-23(18)4/h5-8,13,17H,9-12H2,1-4H3. The molecule has 0 radical (unpaired) electrons. The minimum Gasteiger partial charge on any atom is -0.475 e. The third-order valence-electron chi connectivity index (χ3n) is 4.29. The highest BCUT2D eigenvalue weighted by atomic mass is 79.9. The summed E-state index contributed by atoms with van der Waals surface area (Å²) in [6.45, 7) is 6.77. The number of hydrogen-bond acceptors (Lipinski definition) is 5. The number of carbonyl (C=O) groups is 1. The number of amides is 1. The normalized spacial score (nSPS) is 16.6. The van der Waals surface area contributed by atoms with E-state index >= 15 is 0 Å². The quantitative estimate of drug-likeness (QED) is 0.640. The molecular formula is C20H26BrN3O4. The fourth-order valence-corrected chi connectivity index (χ4v) is 3.54. The summed E-state index contributed by atoms with van der Waals surface area (Å²) in [5, 5.41) is 4.12. The van der Waals surface area contributed by atoms with Crippen LogP contribution in [0.2, 0.25) is 0 Å². The second-order valence-corrected chi connectivity index (χ2v) is 8.47. The third-order valence-corrected chi connectivity index (χ3v) is 4.84. The van der Waals surface area contributed by atoms with Crippen molar-refractivity contribution in [1.82, 2.24) is 14.7 Å². The van der Waals surface area contributed by atoms with E-state index in [-0.39, 0.29) is 6.09 Å². The van der Waals surface area contributed by atoms with Crippen molar-refractivity contribution in [2.45, 2.75) is 39.0 Å². The number of carbonyl (C=O) groups excluding carboxylic acids is 1. The van der Waals surface area contributed by atoms with Crippen LogP contribution in [0.15, 0.2) is 34.9 Å². The van der Waals surface area contributed by atoms with Crippen LogP contribution in [-0.2, 0) is 22.9 Å². The first-order valence-corrected chi connectivity index (χ1v) is 10.0. The van der Waals surface area contributed by atoms with Gasteiger partial charge >= 0.3 is 6.09 Å². The van der Waals surface area contributed by atoms with Gasteiger partial charge in [-0.3, -0.25) is 4.90 Å². The molecule has 1 aliphatic heterocycles. The van der Waals surface area contributed by atoms with Crippen molar-refractivity contribution in [3.05, 3.63) is 46.1 Å². The molecule has 0 saturated carbocycles. The molecule has 0 fully saturated rings. The van der Waals surface area contributed by atoms with E-state index in [9.17, 15) is 4.79 Å². The number of benzene rings is 1. The van der Waals surface area contributed by atoms with Crippen molar-refractivity contribution in [2.24, 2.45) is 7.05 Å². The van der Waals surface area contributed by atoms with Gasteiger partial charge in [0.1, 0.15) is 12.2 Å². The molecule has 1 amide bonds. The second-order valence-electron chi connectivity index (χ2n) is 7.62. The summed E-state index contributed by atoms with van der Waals surface area (Å²) in [7, 11) is 1.81. The highest BCUT2D eigenvalue weighted by Gasteiger charge is 2.34. The molecule has 2 heterocycles. The van der Waals surface area contributed by atoms with Crippen LogP contribution in [0, 0.1) is 0 Å². The van der Waals surface area contributed by atoms with Crippen LogP contribution in [0.3, 0.4) is 0 Å². The lowest BCUT2D eigenvalue weighted by Gasteiger charge is -2.37. The van der Waals surface area contributed by atoms with Gasteiger partial charge in [0.2, 0.25) is 5.88 Å². The molecule has 3 rings (SSSR count). The smallest absolute Gasteiger partial charge is 0.412 e. The van der Waals surface area contributed by atoms with Crippen LogP contribution in [0.1, 0.15) is 38.1 Å². The minimum atomic E-state index is -0.562. The lowest BCUT2D eigenvalue weighted by Crippen LogP contribution is -2.44. The number of nitrogens with zero attached hydrogens (tertiary/aromatic N) is 3. The zero-order chi connectivity index (χ0) is 20.3. The van der Waals surface area contributed by atoms with Crippen molar-refractivity contribution < 1.29 is 19.0 Å². The highest BCUT2D eigenvalue weighted by molar-refractivity contribution is 9.10. The summed E-state index contributed by atoms with van der Waals surface area (Å²) in [6.07, 6.45) is 1.58. The average Bonchev–Trinajstić information content (AvgIpc) is 2.95. The lowest BCUT2D eigenvalue weighted by molar-refractivity contribution is -0.0803. The summed E-state index contributed by atoms with van der Waals surface area (Å²) >= 11 is 3.41. The Kier molecular flexibility index (Phi) is 6.30. The summed E-state index contributed by atoms with van der Waals surface area (Å²) < 4.78 is 19.9. The Balaban J connectivity index is 1.69. The number of fused-ring (bicyclic) bond motifs is 1. The van der Waals surface area contributed by atoms with E-state index in [1.807, 2.05) is 46.0 Å². The fraction of sp³-hybridized carbons (Fsp3) is 0.500. The fourth-order valence-electron chi connectivity index (χ4n) is 3.08. The Labute approximate surface area is 173 Å². The van der Waals surface area contributed by atoms with Crippen LogP contribution in [0.25, 0.3) is 0 Å². The van der Waals surface area contributed by atoms with Crippen molar-refractivity contribution >= 4 is 22.0 Å². The SMILES string of the molecule is Cn1ncc(Br)c1OCCOC1c2ccccc2CCN1C(=O)OC(C)(C)C. The summed E-state index contributed by atoms with van der Waals surface area (Å²) in [5.74, 6) is 0.636. The van der Waals surface area contributed by atoms with Crippen molar-refractivity contribution in [3.63, 3.8) is 0 Å². The van der Waals surface area contributed by atoms with Crippen LogP contribution >= 0.6 is 15.9 Å². The Morgan fingerprint density at radius 1 is 1.29 bits per heavy atom. The number of ether oxygens (including phenoxy) is 3. The molecule has 1 aliphatic rings. The maximum absolute atomic E-state index is 12.7. The van der Waals surface area contributed by atoms with Gasteiger partial charge in [-0.1, -0.05) is 24.3 Å². The van der Waals surface area contributed by atoms with Crippen LogP contribution in [-0.4, -0.2) is 46.1 Å². The molecule has 0 bridgehead atoms. The van der Waals surface area contributed by atoms with Gasteiger partial charge in [0.15, 0.2) is 6.23 Å². The molecule has 1 unspecified atom stereocenters. The Hall–Kier alpha value is -2.06. The highest BCUT2D eigenvalue weighted by Crippen LogP contribution is 2.32. The van der Waals surface area contributed by atoms with Crippen LogP contribution in [0.5, 0.6) is 5.88 Å². The van der Waals surface area contributed by atoms with E-state index in [1.165, 1.54) is 5.56 Å². The van der Waals surface area contributed by atoms with Gasteiger partial charge in [-0.25, -0.2) is 9.48 Å². The van der Waals surface area contributed by atoms with Gasteiger partial charge in [0.05, 0.1) is 17.3 Å². The molecule has 0 spiro atoms. The Morgan fingerprint density at radius 3 is 2.71 bits per heavy atom. The number of aromatic nitrogens is 2. The predicted molar refractivity (Wildman–Crippen MR) is 108 cm³/mol. The van der Waals surface area contributed by atoms with Gasteiger partial charge in [-0.2, -0.15) is 5.10 Å². The number of halogens is 1. The molecule has 7 nitrogen and oxygen atoms in total. The molecule has 0 saturated heterocycles. The number of rotatable bonds is 5. The maximum Gasteiger partial charge on any atom is 0.412 e. The average molecular weight is 452 g/mol. The zero-order valence-electron chi connectivity index (χ0n) is 16.6. The van der Waals surface area contributed by atoms with E-state index in [2.05, 4.69) is 27.1 Å². The molecule has 152 valence electrons. The summed E-state index contributed by atoms with van der Waals surface area (Å²) in [6, 6.07) is 8.02. The lowest BCUT2D eigenvalue weighted by atomic mass is 9.98.